The van der Waals surface area contributed by atoms with Gasteiger partial charge in [0.05, 0.1) is 5.39 Å². The molecule has 104 valence electrons. The van der Waals surface area contributed by atoms with Crippen LogP contribution in [0.15, 0.2) is 64.3 Å². The van der Waals surface area contributed by atoms with E-state index in [2.05, 4.69) is 6.58 Å². The Bertz CT molecular complexity index is 855. The summed E-state index contributed by atoms with van der Waals surface area (Å²) in [7, 11) is 0. The van der Waals surface area contributed by atoms with E-state index < -0.39 is 0 Å². The van der Waals surface area contributed by atoms with Gasteiger partial charge in [-0.2, -0.15) is 0 Å². The molecule has 0 saturated heterocycles. The molecule has 0 spiro atoms. The van der Waals surface area contributed by atoms with E-state index >= 15 is 0 Å². The van der Waals surface area contributed by atoms with Crippen molar-refractivity contribution >= 4 is 16.8 Å². The van der Waals surface area contributed by atoms with Crippen molar-refractivity contribution in [2.45, 2.75) is 13.3 Å². The normalized spacial score (nSPS) is 10.7. The molecular formula is C19H16O2. The topological polar surface area (TPSA) is 30.2 Å². The van der Waals surface area contributed by atoms with Crippen molar-refractivity contribution in [2.24, 2.45) is 0 Å². The molecule has 0 atom stereocenters. The molecule has 0 fully saturated rings. The maximum atomic E-state index is 12.1. The summed E-state index contributed by atoms with van der Waals surface area (Å²) in [5, 5.41) is 1.55. The Kier molecular flexibility index (Phi) is 3.44. The van der Waals surface area contributed by atoms with Crippen molar-refractivity contribution in [1.29, 1.82) is 0 Å². The first-order valence-corrected chi connectivity index (χ1v) is 7.01. The molecule has 21 heavy (non-hydrogen) atoms. The highest BCUT2D eigenvalue weighted by Gasteiger charge is 2.06. The second-order valence-electron chi connectivity index (χ2n) is 4.98. The van der Waals surface area contributed by atoms with Crippen molar-refractivity contribution in [3.05, 3.63) is 76.9 Å². The molecule has 0 amide bonds. The first-order chi connectivity index (χ1) is 10.2. The van der Waals surface area contributed by atoms with Crippen LogP contribution in [0.5, 0.6) is 0 Å². The molecule has 0 N–H and O–H groups in total. The van der Waals surface area contributed by atoms with Crippen molar-refractivity contribution in [1.82, 2.24) is 0 Å². The Balaban J connectivity index is 2.14. The smallest absolute Gasteiger partial charge is 0.343 e. The van der Waals surface area contributed by atoms with Gasteiger partial charge in [0.15, 0.2) is 0 Å². The van der Waals surface area contributed by atoms with Gasteiger partial charge in [0, 0.05) is 6.42 Å². The van der Waals surface area contributed by atoms with E-state index in [-0.39, 0.29) is 5.63 Å². The molecule has 1 aromatic heterocycles. The van der Waals surface area contributed by atoms with Crippen molar-refractivity contribution in [3.63, 3.8) is 0 Å². The standard InChI is InChI=1S/C19H16O2/c1-3-13-5-7-14(8-6-13)15-9-10-16-11-17(4-2)21-19(20)18(16)12-15/h3,5-12H,1,4H2,2H3. The van der Waals surface area contributed by atoms with Crippen LogP contribution < -0.4 is 5.63 Å². The van der Waals surface area contributed by atoms with Gasteiger partial charge in [-0.15, -0.1) is 0 Å². The molecule has 2 heteroatoms. The summed E-state index contributed by atoms with van der Waals surface area (Å²) < 4.78 is 5.30. The van der Waals surface area contributed by atoms with E-state index in [9.17, 15) is 4.79 Å². The van der Waals surface area contributed by atoms with E-state index in [0.717, 1.165) is 34.3 Å². The lowest BCUT2D eigenvalue weighted by molar-refractivity contribution is 0.472. The maximum Gasteiger partial charge on any atom is 0.343 e. The third kappa shape index (κ3) is 2.52. The van der Waals surface area contributed by atoms with Gasteiger partial charge in [0.1, 0.15) is 5.76 Å². The quantitative estimate of drug-likeness (QED) is 0.696. The largest absolute Gasteiger partial charge is 0.427 e. The molecule has 1 heterocycles. The summed E-state index contributed by atoms with van der Waals surface area (Å²) in [5.74, 6) is 0.718. The SMILES string of the molecule is C=Cc1ccc(-c2ccc3cc(CC)oc(=O)c3c2)cc1. The summed E-state index contributed by atoms with van der Waals surface area (Å²) in [6.45, 7) is 5.72. The minimum atomic E-state index is -0.270. The summed E-state index contributed by atoms with van der Waals surface area (Å²) in [6, 6.07) is 15.9. The van der Waals surface area contributed by atoms with Crippen LogP contribution in [0, 0.1) is 0 Å². The van der Waals surface area contributed by atoms with Gasteiger partial charge in [0.2, 0.25) is 0 Å². The molecule has 0 saturated carbocycles. The average molecular weight is 276 g/mol. The van der Waals surface area contributed by atoms with Gasteiger partial charge in [-0.05, 0) is 34.2 Å². The van der Waals surface area contributed by atoms with Crippen LogP contribution in [0.1, 0.15) is 18.2 Å². The fourth-order valence-electron chi connectivity index (χ4n) is 2.40. The second kappa shape index (κ2) is 5.41. The number of aryl methyl sites for hydroxylation is 1. The molecule has 0 bridgehead atoms. The zero-order chi connectivity index (χ0) is 14.8. The number of rotatable bonds is 3. The number of benzene rings is 2. The summed E-state index contributed by atoms with van der Waals surface area (Å²) in [6.07, 6.45) is 2.53. The van der Waals surface area contributed by atoms with Crippen LogP contribution in [-0.4, -0.2) is 0 Å². The highest BCUT2D eigenvalue weighted by molar-refractivity contribution is 5.86. The van der Waals surface area contributed by atoms with Gasteiger partial charge >= 0.3 is 5.63 Å². The highest BCUT2D eigenvalue weighted by atomic mass is 16.4. The Morgan fingerprint density at radius 1 is 1.05 bits per heavy atom. The molecule has 2 aromatic carbocycles. The third-order valence-electron chi connectivity index (χ3n) is 3.64. The number of fused-ring (bicyclic) bond motifs is 1. The lowest BCUT2D eigenvalue weighted by Gasteiger charge is -2.05. The summed E-state index contributed by atoms with van der Waals surface area (Å²) in [5.41, 5.74) is 2.89. The fraction of sp³-hybridized carbons (Fsp3) is 0.105. The zero-order valence-corrected chi connectivity index (χ0v) is 11.9. The minimum absolute atomic E-state index is 0.270. The van der Waals surface area contributed by atoms with Gasteiger partial charge < -0.3 is 4.42 Å². The fourth-order valence-corrected chi connectivity index (χ4v) is 2.40. The molecule has 0 radical (unpaired) electrons. The van der Waals surface area contributed by atoms with Gasteiger partial charge in [-0.1, -0.05) is 56.0 Å². The van der Waals surface area contributed by atoms with E-state index in [1.165, 1.54) is 0 Å². The lowest BCUT2D eigenvalue weighted by Crippen LogP contribution is -2.01. The minimum Gasteiger partial charge on any atom is -0.427 e. The van der Waals surface area contributed by atoms with Crippen molar-refractivity contribution in [2.75, 3.05) is 0 Å². The predicted molar refractivity (Wildman–Crippen MR) is 87.4 cm³/mol. The Morgan fingerprint density at radius 3 is 2.43 bits per heavy atom. The molecular weight excluding hydrogens is 260 g/mol. The van der Waals surface area contributed by atoms with E-state index in [0.29, 0.717) is 5.39 Å². The molecule has 2 nitrogen and oxygen atoms in total. The second-order valence-corrected chi connectivity index (χ2v) is 4.98. The zero-order valence-electron chi connectivity index (χ0n) is 11.9. The first kappa shape index (κ1) is 13.4. The Morgan fingerprint density at radius 2 is 1.76 bits per heavy atom. The van der Waals surface area contributed by atoms with Gasteiger partial charge in [0.25, 0.3) is 0 Å². The Hall–Kier alpha value is -2.61. The molecule has 0 unspecified atom stereocenters. The summed E-state index contributed by atoms with van der Waals surface area (Å²) >= 11 is 0. The van der Waals surface area contributed by atoms with E-state index in [1.807, 2.05) is 61.5 Å². The lowest BCUT2D eigenvalue weighted by atomic mass is 10.0. The van der Waals surface area contributed by atoms with Crippen LogP contribution >= 0.6 is 0 Å². The van der Waals surface area contributed by atoms with Gasteiger partial charge in [-0.3, -0.25) is 0 Å². The highest BCUT2D eigenvalue weighted by Crippen LogP contribution is 2.24. The van der Waals surface area contributed by atoms with Crippen molar-refractivity contribution in [3.8, 4) is 11.1 Å². The summed E-state index contributed by atoms with van der Waals surface area (Å²) in [4.78, 5) is 12.1. The van der Waals surface area contributed by atoms with E-state index in [4.69, 9.17) is 4.42 Å². The van der Waals surface area contributed by atoms with Crippen molar-refractivity contribution < 1.29 is 4.42 Å². The van der Waals surface area contributed by atoms with E-state index in [1.54, 1.807) is 0 Å². The van der Waals surface area contributed by atoms with Crippen LogP contribution in [0.25, 0.3) is 28.0 Å². The molecule has 0 aliphatic rings. The number of hydrogen-bond acceptors (Lipinski definition) is 2. The predicted octanol–water partition coefficient (Wildman–Crippen LogP) is 4.67. The molecule has 0 aliphatic carbocycles. The van der Waals surface area contributed by atoms with Gasteiger partial charge in [-0.25, -0.2) is 4.79 Å². The monoisotopic (exact) mass is 276 g/mol. The third-order valence-corrected chi connectivity index (χ3v) is 3.64. The number of hydrogen-bond donors (Lipinski definition) is 0. The first-order valence-electron chi connectivity index (χ1n) is 7.01. The van der Waals surface area contributed by atoms with Crippen LogP contribution in [0.4, 0.5) is 0 Å². The van der Waals surface area contributed by atoms with Crippen LogP contribution in [0.3, 0.4) is 0 Å². The maximum absolute atomic E-state index is 12.1. The van der Waals surface area contributed by atoms with Crippen LogP contribution in [0.2, 0.25) is 0 Å². The average Bonchev–Trinajstić information content (AvgIpc) is 2.54. The molecule has 3 rings (SSSR count). The Labute approximate surface area is 123 Å². The molecule has 0 aliphatic heterocycles. The van der Waals surface area contributed by atoms with Crippen LogP contribution in [-0.2, 0) is 6.42 Å². The molecule has 3 aromatic rings.